The monoisotopic (exact) mass is 571 g/mol. The van der Waals surface area contributed by atoms with Crippen molar-refractivity contribution in [1.29, 1.82) is 0 Å². The molecule has 0 saturated carbocycles. The van der Waals surface area contributed by atoms with Crippen LogP contribution < -0.4 is 10.1 Å². The lowest BCUT2D eigenvalue weighted by molar-refractivity contribution is -0.135. The van der Waals surface area contributed by atoms with Gasteiger partial charge < -0.3 is 24.6 Å². The Balaban J connectivity index is 1.49. The number of ether oxygens (including phenoxy) is 2. The molecule has 0 aliphatic rings. The van der Waals surface area contributed by atoms with Crippen LogP contribution in [0.1, 0.15) is 16.7 Å². The standard InChI is InChI=1S/C29H41N5O5S/c1-21-16-25(38-7)17-22(2)29(21)40(36,37)34(6)14-15-39-20-28(35)33(5)19-23-8-10-26-24(18-23)9-11-27(31-26)30-12-13-32(3)4/h8-11,16-18H,12-15,19-20H2,1-7H3,(H,30,31). The van der Waals surface area contributed by atoms with Gasteiger partial charge in [0.1, 0.15) is 18.2 Å². The number of hydrogen-bond donors (Lipinski definition) is 1. The van der Waals surface area contributed by atoms with E-state index in [4.69, 9.17) is 9.47 Å². The second kappa shape index (κ2) is 13.9. The van der Waals surface area contributed by atoms with Crippen LogP contribution in [0.25, 0.3) is 10.9 Å². The fourth-order valence-electron chi connectivity index (χ4n) is 4.32. The summed E-state index contributed by atoms with van der Waals surface area (Å²) in [5.74, 6) is 1.26. The molecule has 0 fully saturated rings. The van der Waals surface area contributed by atoms with Gasteiger partial charge >= 0.3 is 0 Å². The van der Waals surface area contributed by atoms with Gasteiger partial charge in [0.05, 0.1) is 24.1 Å². The van der Waals surface area contributed by atoms with Gasteiger partial charge in [0.15, 0.2) is 0 Å². The molecule has 11 heteroatoms. The third kappa shape index (κ3) is 8.14. The first-order chi connectivity index (χ1) is 18.9. The van der Waals surface area contributed by atoms with E-state index in [-0.39, 0.29) is 30.6 Å². The highest BCUT2D eigenvalue weighted by atomic mass is 32.2. The van der Waals surface area contributed by atoms with Gasteiger partial charge in [-0.25, -0.2) is 13.4 Å². The number of carbonyl (C=O) groups excluding carboxylic acids is 1. The number of pyridine rings is 1. The van der Waals surface area contributed by atoms with E-state index in [2.05, 4.69) is 15.2 Å². The Hall–Kier alpha value is -3.25. The summed E-state index contributed by atoms with van der Waals surface area (Å²) in [6.45, 7) is 5.72. The second-order valence-electron chi connectivity index (χ2n) is 10.2. The van der Waals surface area contributed by atoms with Crippen molar-refractivity contribution in [2.75, 3.05) is 73.5 Å². The van der Waals surface area contributed by atoms with E-state index in [1.807, 2.05) is 44.4 Å². The lowest BCUT2D eigenvalue weighted by atomic mass is 10.1. The van der Waals surface area contributed by atoms with Crippen molar-refractivity contribution < 1.29 is 22.7 Å². The molecule has 10 nitrogen and oxygen atoms in total. The van der Waals surface area contributed by atoms with Crippen LogP contribution in [0.3, 0.4) is 0 Å². The molecule has 3 aromatic rings. The van der Waals surface area contributed by atoms with Gasteiger partial charge in [0, 0.05) is 45.7 Å². The maximum atomic E-state index is 13.1. The van der Waals surface area contributed by atoms with E-state index in [9.17, 15) is 13.2 Å². The maximum absolute atomic E-state index is 13.1. The van der Waals surface area contributed by atoms with Crippen LogP contribution in [-0.4, -0.2) is 102 Å². The number of aryl methyl sites for hydroxylation is 2. The zero-order valence-electron chi connectivity index (χ0n) is 24.5. The number of aromatic nitrogens is 1. The lowest BCUT2D eigenvalue weighted by Crippen LogP contribution is -2.33. The van der Waals surface area contributed by atoms with Gasteiger partial charge in [-0.3, -0.25) is 4.79 Å². The molecule has 0 radical (unpaired) electrons. The molecule has 0 bridgehead atoms. The van der Waals surface area contributed by atoms with Gasteiger partial charge in [0.2, 0.25) is 15.9 Å². The van der Waals surface area contributed by atoms with Crippen molar-refractivity contribution in [1.82, 2.24) is 19.1 Å². The Kier molecular flexibility index (Phi) is 10.9. The van der Waals surface area contributed by atoms with Crippen molar-refractivity contribution in [2.24, 2.45) is 0 Å². The van der Waals surface area contributed by atoms with Crippen LogP contribution in [0, 0.1) is 13.8 Å². The Morgan fingerprint density at radius 2 is 1.68 bits per heavy atom. The molecule has 1 aromatic heterocycles. The molecule has 0 aliphatic heterocycles. The van der Waals surface area contributed by atoms with E-state index in [0.717, 1.165) is 35.4 Å². The van der Waals surface area contributed by atoms with Crippen molar-refractivity contribution in [3.8, 4) is 5.75 Å². The highest BCUT2D eigenvalue weighted by Gasteiger charge is 2.25. The molecule has 1 N–H and O–H groups in total. The molecule has 0 saturated heterocycles. The fraction of sp³-hybridized carbons (Fsp3) is 0.448. The van der Waals surface area contributed by atoms with Crippen molar-refractivity contribution >= 4 is 32.7 Å². The van der Waals surface area contributed by atoms with Crippen LogP contribution >= 0.6 is 0 Å². The van der Waals surface area contributed by atoms with Crippen LogP contribution in [-0.2, 0) is 26.1 Å². The number of nitrogens with zero attached hydrogens (tertiary/aromatic N) is 4. The molecule has 0 spiro atoms. The number of anilines is 1. The number of nitrogens with one attached hydrogen (secondary N) is 1. The summed E-state index contributed by atoms with van der Waals surface area (Å²) in [5, 5.41) is 4.33. The second-order valence-corrected chi connectivity index (χ2v) is 12.2. The molecule has 1 amide bonds. The summed E-state index contributed by atoms with van der Waals surface area (Å²) in [5.41, 5.74) is 3.09. The van der Waals surface area contributed by atoms with Gasteiger partial charge in [-0.05, 0) is 81.0 Å². The Bertz CT molecular complexity index is 1400. The number of likely N-dealkylation sites (N-methyl/N-ethyl adjacent to an activating group) is 3. The predicted octanol–water partition coefficient (Wildman–Crippen LogP) is 3.13. The van der Waals surface area contributed by atoms with Gasteiger partial charge in [-0.1, -0.05) is 6.07 Å². The largest absolute Gasteiger partial charge is 0.497 e. The van der Waals surface area contributed by atoms with Crippen LogP contribution in [0.4, 0.5) is 5.82 Å². The van der Waals surface area contributed by atoms with Gasteiger partial charge in [0.25, 0.3) is 0 Å². The smallest absolute Gasteiger partial charge is 0.248 e. The molecule has 0 aliphatic carbocycles. The molecule has 0 atom stereocenters. The molecular weight excluding hydrogens is 530 g/mol. The average molecular weight is 572 g/mol. The number of fused-ring (bicyclic) bond motifs is 1. The number of hydrogen-bond acceptors (Lipinski definition) is 8. The third-order valence-corrected chi connectivity index (χ3v) is 8.74. The number of methoxy groups -OCH3 is 1. The fourth-order valence-corrected chi connectivity index (χ4v) is 5.87. The molecule has 2 aromatic carbocycles. The highest BCUT2D eigenvalue weighted by Crippen LogP contribution is 2.27. The van der Waals surface area contributed by atoms with Crippen molar-refractivity contribution in [2.45, 2.75) is 25.3 Å². The summed E-state index contributed by atoms with van der Waals surface area (Å²) >= 11 is 0. The summed E-state index contributed by atoms with van der Waals surface area (Å²) in [7, 11) is 5.11. The van der Waals surface area contributed by atoms with Crippen LogP contribution in [0.15, 0.2) is 47.4 Å². The first kappa shape index (κ1) is 31.3. The minimum Gasteiger partial charge on any atom is -0.497 e. The van der Waals surface area contributed by atoms with Crippen molar-refractivity contribution in [3.63, 3.8) is 0 Å². The molecule has 0 unspecified atom stereocenters. The molecule has 218 valence electrons. The van der Waals surface area contributed by atoms with E-state index >= 15 is 0 Å². The first-order valence-electron chi connectivity index (χ1n) is 13.1. The normalized spacial score (nSPS) is 11.8. The topological polar surface area (TPSA) is 104 Å². The highest BCUT2D eigenvalue weighted by molar-refractivity contribution is 7.89. The Labute approximate surface area is 237 Å². The van der Waals surface area contributed by atoms with E-state index in [1.165, 1.54) is 11.4 Å². The zero-order chi connectivity index (χ0) is 29.4. The summed E-state index contributed by atoms with van der Waals surface area (Å²) in [6, 6.07) is 13.3. The van der Waals surface area contributed by atoms with Gasteiger partial charge in [-0.2, -0.15) is 4.31 Å². The van der Waals surface area contributed by atoms with E-state index in [1.54, 1.807) is 45.0 Å². The van der Waals surface area contributed by atoms with Crippen LogP contribution in [0.2, 0.25) is 0 Å². The summed E-state index contributed by atoms with van der Waals surface area (Å²) < 4.78 is 38.3. The third-order valence-electron chi connectivity index (χ3n) is 6.58. The Morgan fingerprint density at radius 1 is 0.975 bits per heavy atom. The molecular formula is C29H41N5O5S. The van der Waals surface area contributed by atoms with E-state index < -0.39 is 10.0 Å². The molecule has 3 rings (SSSR count). The minimum absolute atomic E-state index is 0.0934. The van der Waals surface area contributed by atoms with E-state index in [0.29, 0.717) is 23.4 Å². The minimum atomic E-state index is -3.72. The SMILES string of the molecule is COc1cc(C)c(S(=O)(=O)N(C)CCOCC(=O)N(C)Cc2ccc3nc(NCCN(C)C)ccc3c2)c(C)c1. The first-order valence-corrected chi connectivity index (χ1v) is 14.6. The summed E-state index contributed by atoms with van der Waals surface area (Å²) in [6.07, 6.45) is 0. The maximum Gasteiger partial charge on any atom is 0.248 e. The van der Waals surface area contributed by atoms with Crippen LogP contribution in [0.5, 0.6) is 5.75 Å². The number of sulfonamides is 1. The Morgan fingerprint density at radius 3 is 2.33 bits per heavy atom. The number of benzene rings is 2. The molecule has 40 heavy (non-hydrogen) atoms. The lowest BCUT2D eigenvalue weighted by Gasteiger charge is -2.21. The predicted molar refractivity (Wildman–Crippen MR) is 158 cm³/mol. The number of carbonyl (C=O) groups is 1. The number of amides is 1. The quantitative estimate of drug-likeness (QED) is 0.295. The van der Waals surface area contributed by atoms with Crippen molar-refractivity contribution in [3.05, 3.63) is 59.2 Å². The zero-order valence-corrected chi connectivity index (χ0v) is 25.3. The number of rotatable bonds is 14. The van der Waals surface area contributed by atoms with Gasteiger partial charge in [-0.15, -0.1) is 0 Å². The summed E-state index contributed by atoms with van der Waals surface area (Å²) in [4.78, 5) is 21.3. The molecule has 1 heterocycles. The average Bonchev–Trinajstić information content (AvgIpc) is 2.89.